The van der Waals surface area contributed by atoms with Gasteiger partial charge in [0.05, 0.1) is 31.0 Å². The van der Waals surface area contributed by atoms with E-state index in [1.165, 1.54) is 0 Å². The lowest BCUT2D eigenvalue weighted by Gasteiger charge is -2.41. The Hall–Kier alpha value is -1.54. The minimum absolute atomic E-state index is 0.0501. The molecule has 1 spiro atoms. The lowest BCUT2D eigenvalue weighted by atomic mass is 9.97. The summed E-state index contributed by atoms with van der Waals surface area (Å²) in [7, 11) is 1.87. The highest BCUT2D eigenvalue weighted by Crippen LogP contribution is 2.35. The summed E-state index contributed by atoms with van der Waals surface area (Å²) in [6.45, 7) is 2.19. The smallest absolute Gasteiger partial charge is 0.312 e. The summed E-state index contributed by atoms with van der Waals surface area (Å²) < 4.78 is 7.72. The highest BCUT2D eigenvalue weighted by atomic mass is 32.2. The molecule has 0 saturated carbocycles. The largest absolute Gasteiger partial charge is 0.370 e. The molecule has 0 aromatic carbocycles. The van der Waals surface area contributed by atoms with Crippen LogP contribution in [0.3, 0.4) is 0 Å². The van der Waals surface area contributed by atoms with Gasteiger partial charge in [-0.15, -0.1) is 0 Å². The minimum Gasteiger partial charge on any atom is -0.370 e. The Labute approximate surface area is 158 Å². The fourth-order valence-electron chi connectivity index (χ4n) is 4.24. The third-order valence-electron chi connectivity index (χ3n) is 5.66. The van der Waals surface area contributed by atoms with Gasteiger partial charge in [0.15, 0.2) is 0 Å². The van der Waals surface area contributed by atoms with Crippen molar-refractivity contribution in [3.63, 3.8) is 0 Å². The molecule has 4 rings (SSSR count). The van der Waals surface area contributed by atoms with E-state index in [4.69, 9.17) is 4.74 Å². The maximum atomic E-state index is 13.1. The van der Waals surface area contributed by atoms with Crippen LogP contribution in [-0.2, 0) is 21.4 Å². The normalized spacial score (nSPS) is 29.3. The molecule has 26 heavy (non-hydrogen) atoms. The van der Waals surface area contributed by atoms with E-state index < -0.39 is 0 Å². The second kappa shape index (κ2) is 7.23. The van der Waals surface area contributed by atoms with Gasteiger partial charge in [-0.25, -0.2) is 0 Å². The van der Waals surface area contributed by atoms with Gasteiger partial charge in [-0.1, -0.05) is 0 Å². The van der Waals surface area contributed by atoms with Gasteiger partial charge in [-0.2, -0.15) is 16.9 Å². The van der Waals surface area contributed by atoms with Crippen LogP contribution in [0.4, 0.5) is 0 Å². The number of carbonyl (C=O) groups excluding carboxylic acids is 2. The molecule has 3 aliphatic rings. The second-order valence-corrected chi connectivity index (χ2v) is 8.62. The zero-order chi connectivity index (χ0) is 18.1. The van der Waals surface area contributed by atoms with Crippen LogP contribution < -0.4 is 0 Å². The standard InChI is InChI=1S/C18H26N4O3S/c1-20-11-14(10-19-20)15-4-2-3-6-22(15)17(24)16(23)21-7-8-25-18(12-21)5-9-26-13-18/h10-11,15H,2-9,12-13H2,1H3. The number of morpholine rings is 1. The van der Waals surface area contributed by atoms with Gasteiger partial charge >= 0.3 is 11.8 Å². The Morgan fingerprint density at radius 2 is 2.19 bits per heavy atom. The van der Waals surface area contributed by atoms with Crippen molar-refractivity contribution in [2.45, 2.75) is 37.3 Å². The molecule has 142 valence electrons. The Morgan fingerprint density at radius 3 is 2.92 bits per heavy atom. The average molecular weight is 378 g/mol. The first kappa shape index (κ1) is 17.9. The van der Waals surface area contributed by atoms with Crippen LogP contribution in [0.25, 0.3) is 0 Å². The van der Waals surface area contributed by atoms with E-state index >= 15 is 0 Å². The molecule has 1 aromatic rings. The Kier molecular flexibility index (Phi) is 4.96. The summed E-state index contributed by atoms with van der Waals surface area (Å²) in [5.41, 5.74) is 0.766. The van der Waals surface area contributed by atoms with Gasteiger partial charge < -0.3 is 14.5 Å². The molecule has 0 N–H and O–H groups in total. The van der Waals surface area contributed by atoms with Crippen molar-refractivity contribution in [1.82, 2.24) is 19.6 Å². The number of aromatic nitrogens is 2. The summed E-state index contributed by atoms with van der Waals surface area (Å²) in [5.74, 6) is 1.22. The van der Waals surface area contributed by atoms with Crippen molar-refractivity contribution in [2.75, 3.05) is 37.7 Å². The van der Waals surface area contributed by atoms with Gasteiger partial charge in [0.1, 0.15) is 0 Å². The molecule has 4 heterocycles. The minimum atomic E-state index is -0.375. The van der Waals surface area contributed by atoms with Crippen LogP contribution in [0.1, 0.15) is 37.3 Å². The molecular weight excluding hydrogens is 352 g/mol. The van der Waals surface area contributed by atoms with Crippen molar-refractivity contribution >= 4 is 23.6 Å². The van der Waals surface area contributed by atoms with Gasteiger partial charge in [-0.3, -0.25) is 14.3 Å². The quantitative estimate of drug-likeness (QED) is 0.687. The van der Waals surface area contributed by atoms with E-state index in [1.807, 2.05) is 25.0 Å². The van der Waals surface area contributed by atoms with E-state index in [0.29, 0.717) is 26.2 Å². The molecule has 0 aliphatic carbocycles. The number of nitrogens with zero attached hydrogens (tertiary/aromatic N) is 4. The van der Waals surface area contributed by atoms with E-state index in [2.05, 4.69) is 5.10 Å². The topological polar surface area (TPSA) is 67.7 Å². The van der Waals surface area contributed by atoms with Crippen molar-refractivity contribution in [1.29, 1.82) is 0 Å². The number of piperidine rings is 1. The molecule has 0 radical (unpaired) electrons. The highest BCUT2D eigenvalue weighted by molar-refractivity contribution is 7.99. The molecular formula is C18H26N4O3S. The summed E-state index contributed by atoms with van der Waals surface area (Å²) >= 11 is 1.86. The number of aryl methyl sites for hydroxylation is 1. The molecule has 2 amide bonds. The number of ether oxygens (including phenoxy) is 1. The molecule has 2 atom stereocenters. The first-order valence-corrected chi connectivity index (χ1v) is 10.5. The number of hydrogen-bond donors (Lipinski definition) is 0. The molecule has 3 aliphatic heterocycles. The fourth-order valence-corrected chi connectivity index (χ4v) is 5.59. The van der Waals surface area contributed by atoms with Crippen molar-refractivity contribution in [3.8, 4) is 0 Å². The third kappa shape index (κ3) is 3.36. The first-order chi connectivity index (χ1) is 12.6. The number of thioether (sulfide) groups is 1. The van der Waals surface area contributed by atoms with Crippen LogP contribution >= 0.6 is 11.8 Å². The van der Waals surface area contributed by atoms with Crippen LogP contribution in [0, 0.1) is 0 Å². The van der Waals surface area contributed by atoms with E-state index in [9.17, 15) is 9.59 Å². The van der Waals surface area contributed by atoms with Crippen LogP contribution in [0.2, 0.25) is 0 Å². The summed E-state index contributed by atoms with van der Waals surface area (Å²) in [6.07, 6.45) is 7.60. The van der Waals surface area contributed by atoms with E-state index in [0.717, 1.165) is 42.8 Å². The van der Waals surface area contributed by atoms with Crippen LogP contribution in [-0.4, -0.2) is 74.7 Å². The maximum absolute atomic E-state index is 13.1. The summed E-state index contributed by atoms with van der Waals surface area (Å²) in [4.78, 5) is 29.5. The Balaban J connectivity index is 1.48. The van der Waals surface area contributed by atoms with Crippen LogP contribution in [0.15, 0.2) is 12.4 Å². The molecule has 1 aromatic heterocycles. The van der Waals surface area contributed by atoms with E-state index in [1.54, 1.807) is 20.7 Å². The molecule has 2 unspecified atom stereocenters. The predicted octanol–water partition coefficient (Wildman–Crippen LogP) is 1.21. The zero-order valence-electron chi connectivity index (χ0n) is 15.2. The summed E-state index contributed by atoms with van der Waals surface area (Å²) in [6, 6.07) is -0.0501. The SMILES string of the molecule is Cn1cc(C2CCCCN2C(=O)C(=O)N2CCOC3(CCSC3)C2)cn1. The number of carbonyl (C=O) groups is 2. The Morgan fingerprint density at radius 1 is 1.31 bits per heavy atom. The number of rotatable bonds is 1. The van der Waals surface area contributed by atoms with Crippen molar-refractivity contribution < 1.29 is 14.3 Å². The highest BCUT2D eigenvalue weighted by Gasteiger charge is 2.43. The first-order valence-electron chi connectivity index (χ1n) is 9.38. The van der Waals surface area contributed by atoms with Crippen molar-refractivity contribution in [3.05, 3.63) is 18.0 Å². The fraction of sp³-hybridized carbons (Fsp3) is 0.722. The third-order valence-corrected chi connectivity index (χ3v) is 6.88. The van der Waals surface area contributed by atoms with Gasteiger partial charge in [-0.05, 0) is 31.4 Å². The number of likely N-dealkylation sites (tertiary alicyclic amines) is 1. The van der Waals surface area contributed by atoms with Gasteiger partial charge in [0.25, 0.3) is 0 Å². The second-order valence-electron chi connectivity index (χ2n) is 7.52. The lowest BCUT2D eigenvalue weighted by molar-refractivity contribution is -0.162. The lowest BCUT2D eigenvalue weighted by Crippen LogP contribution is -2.57. The molecule has 3 saturated heterocycles. The summed E-state index contributed by atoms with van der Waals surface area (Å²) in [5, 5.41) is 4.23. The van der Waals surface area contributed by atoms with Gasteiger partial charge in [0, 0.05) is 37.7 Å². The number of hydrogen-bond acceptors (Lipinski definition) is 5. The molecule has 8 heteroatoms. The zero-order valence-corrected chi connectivity index (χ0v) is 16.0. The van der Waals surface area contributed by atoms with E-state index in [-0.39, 0.29) is 23.5 Å². The molecule has 0 bridgehead atoms. The van der Waals surface area contributed by atoms with Crippen molar-refractivity contribution in [2.24, 2.45) is 7.05 Å². The predicted molar refractivity (Wildman–Crippen MR) is 98.7 cm³/mol. The number of amides is 2. The Bertz CT molecular complexity index is 686. The maximum Gasteiger partial charge on any atom is 0.312 e. The molecule has 3 fully saturated rings. The molecule has 7 nitrogen and oxygen atoms in total. The van der Waals surface area contributed by atoms with Gasteiger partial charge in [0.2, 0.25) is 0 Å². The monoisotopic (exact) mass is 378 g/mol. The average Bonchev–Trinajstić information content (AvgIpc) is 3.30. The van der Waals surface area contributed by atoms with Crippen LogP contribution in [0.5, 0.6) is 0 Å².